The molecule has 2 heterocycles. The van der Waals surface area contributed by atoms with E-state index in [0.717, 1.165) is 10.8 Å². The molecule has 1 aromatic carbocycles. The van der Waals surface area contributed by atoms with Crippen LogP contribution in [0.2, 0.25) is 0 Å². The van der Waals surface area contributed by atoms with E-state index in [2.05, 4.69) is 37.2 Å². The summed E-state index contributed by atoms with van der Waals surface area (Å²) in [6.07, 6.45) is -0.563. The Labute approximate surface area is 413 Å². The second kappa shape index (κ2) is 27.9. The average Bonchev–Trinajstić information content (AvgIpc) is 3.79. The van der Waals surface area contributed by atoms with Gasteiger partial charge in [-0.05, 0) is 76.1 Å². The number of rotatable bonds is 18. The van der Waals surface area contributed by atoms with Crippen LogP contribution in [-0.4, -0.2) is 147 Å². The molecule has 2 fully saturated rings. The van der Waals surface area contributed by atoms with Crippen LogP contribution in [0.5, 0.6) is 5.75 Å². The highest BCUT2D eigenvalue weighted by molar-refractivity contribution is 8.77. The SMILES string of the molecule is CCC(C)C1NC(=O)C(Cc2ccc(O)cc2)NC(=O)CC(C)(C)SSCC(C(=O)N2CCCC2C(=O)NC(CCCN)C(=O)NCC(N)=O)NC(=O)C(CC(N)=O)NC(=O)C(CCC(N)=O)NC1=O. The van der Waals surface area contributed by atoms with E-state index >= 15 is 0 Å². The van der Waals surface area contributed by atoms with Crippen molar-refractivity contribution in [1.29, 1.82) is 0 Å². The monoisotopic (exact) mass is 1020 g/mol. The summed E-state index contributed by atoms with van der Waals surface area (Å²) >= 11 is 0. The second-order valence-electron chi connectivity index (χ2n) is 17.9. The van der Waals surface area contributed by atoms with Gasteiger partial charge in [-0.15, -0.1) is 0 Å². The van der Waals surface area contributed by atoms with Crippen LogP contribution in [0.4, 0.5) is 0 Å². The molecule has 0 saturated carbocycles. The molecule has 16 N–H and O–H groups in total. The van der Waals surface area contributed by atoms with Gasteiger partial charge in [0.05, 0.1) is 13.0 Å². The highest BCUT2D eigenvalue weighted by atomic mass is 33.1. The molecule has 2 aliphatic rings. The number of likely N-dealkylation sites (tertiary alicyclic amines) is 1. The van der Waals surface area contributed by atoms with Crippen LogP contribution in [0.1, 0.15) is 91.0 Å². The van der Waals surface area contributed by atoms with E-state index in [-0.39, 0.29) is 56.7 Å². The first-order chi connectivity index (χ1) is 32.9. The number of phenols is 1. The number of nitrogens with two attached hydrogens (primary N) is 4. The molecule has 2 aliphatic heterocycles. The third-order valence-electron chi connectivity index (χ3n) is 11.5. The molecule has 24 nitrogen and oxygen atoms in total. The number of amides is 11. The van der Waals surface area contributed by atoms with E-state index in [0.29, 0.717) is 24.8 Å². The molecule has 1 aromatic rings. The Balaban J connectivity index is 2.08. The predicted octanol–water partition coefficient (Wildman–Crippen LogP) is -3.07. The maximum atomic E-state index is 14.6. The number of carbonyl (C=O) groups is 11. The summed E-state index contributed by atoms with van der Waals surface area (Å²) in [5, 5.41) is 27.9. The van der Waals surface area contributed by atoms with Gasteiger partial charge in [0.1, 0.15) is 48.0 Å². The van der Waals surface area contributed by atoms with E-state index in [1.165, 1.54) is 27.8 Å². The Kier molecular flexibility index (Phi) is 23.2. The quantitative estimate of drug-likeness (QED) is 0.0649. The average molecular weight is 1020 g/mol. The number of benzene rings is 1. The number of primary amides is 3. The van der Waals surface area contributed by atoms with Crippen molar-refractivity contribution >= 4 is 86.6 Å². The maximum Gasteiger partial charge on any atom is 0.246 e. The Bertz CT molecular complexity index is 2080. The maximum absolute atomic E-state index is 14.6. The molecule has 0 bridgehead atoms. The van der Waals surface area contributed by atoms with E-state index in [1.54, 1.807) is 39.8 Å². The van der Waals surface area contributed by atoms with Crippen LogP contribution in [0, 0.1) is 5.92 Å². The van der Waals surface area contributed by atoms with Gasteiger partial charge in [0.2, 0.25) is 65.0 Å². The first-order valence-corrected chi connectivity index (χ1v) is 25.3. The minimum Gasteiger partial charge on any atom is -0.508 e. The smallest absolute Gasteiger partial charge is 0.246 e. The molecule has 0 spiro atoms. The zero-order valence-electron chi connectivity index (χ0n) is 39.8. The standard InChI is InChI=1S/C44H68N12O12S2/c1-5-23(2)36-42(67)52-27(14-15-32(46)58)38(63)53-29(19-33(47)59)39(64)54-30(43(68)56-17-7-9-31(56)41(66)51-26(8-6-16-45)37(62)49-21-34(48)60)22-69-70-44(3,4)20-35(61)50-28(40(65)55-36)18-24-10-12-25(57)13-11-24/h10-13,23,26-31,36,57H,5-9,14-22,45H2,1-4H3,(H2,46,58)(H2,47,59)(H2,48,60)(H,49,62)(H,50,61)(H,51,66)(H,52,67)(H,53,63)(H,54,64)(H,55,65). The van der Waals surface area contributed by atoms with Crippen LogP contribution in [0.3, 0.4) is 0 Å². The lowest BCUT2D eigenvalue weighted by molar-refractivity contribution is -0.142. The molecule has 8 unspecified atom stereocenters. The van der Waals surface area contributed by atoms with Gasteiger partial charge in [-0.1, -0.05) is 54.0 Å². The van der Waals surface area contributed by atoms with Crippen LogP contribution in [-0.2, 0) is 59.2 Å². The molecule has 70 heavy (non-hydrogen) atoms. The molecule has 26 heteroatoms. The summed E-state index contributed by atoms with van der Waals surface area (Å²) in [5.41, 5.74) is 22.3. The van der Waals surface area contributed by atoms with Crippen LogP contribution < -0.4 is 60.2 Å². The van der Waals surface area contributed by atoms with Crippen LogP contribution in [0.15, 0.2) is 24.3 Å². The first kappa shape index (κ1) is 58.2. The topological polar surface area (TPSA) is 400 Å². The number of hydrogen-bond acceptors (Lipinski definition) is 15. The zero-order chi connectivity index (χ0) is 52.3. The molecule has 8 atom stereocenters. The Morgan fingerprint density at radius 3 is 2.11 bits per heavy atom. The minimum atomic E-state index is -1.75. The number of phenolic OH excluding ortho intramolecular Hbond substituents is 1. The molecule has 11 amide bonds. The van der Waals surface area contributed by atoms with Crippen molar-refractivity contribution < 1.29 is 57.8 Å². The lowest BCUT2D eigenvalue weighted by Crippen LogP contribution is -2.61. The number of hydrogen-bond donors (Lipinski definition) is 12. The fraction of sp³-hybridized carbons (Fsp3) is 0.614. The lowest BCUT2D eigenvalue weighted by Gasteiger charge is -2.32. The summed E-state index contributed by atoms with van der Waals surface area (Å²) in [6, 6.07) is -3.65. The Morgan fingerprint density at radius 1 is 0.857 bits per heavy atom. The molecule has 0 radical (unpaired) electrons. The van der Waals surface area contributed by atoms with Gasteiger partial charge in [-0.25, -0.2) is 0 Å². The minimum absolute atomic E-state index is 0.0313. The third kappa shape index (κ3) is 19.0. The largest absolute Gasteiger partial charge is 0.508 e. The Hall–Kier alpha value is -6.15. The van der Waals surface area contributed by atoms with Crippen molar-refractivity contribution in [3.05, 3.63) is 29.8 Å². The van der Waals surface area contributed by atoms with Gasteiger partial charge in [-0.3, -0.25) is 52.7 Å². The van der Waals surface area contributed by atoms with Crippen LogP contribution in [0.25, 0.3) is 0 Å². The number of nitrogens with one attached hydrogen (secondary N) is 7. The van der Waals surface area contributed by atoms with Gasteiger partial charge in [0.15, 0.2) is 0 Å². The van der Waals surface area contributed by atoms with Crippen molar-refractivity contribution in [2.45, 2.75) is 139 Å². The summed E-state index contributed by atoms with van der Waals surface area (Å²) in [6.45, 7) is 6.63. The van der Waals surface area contributed by atoms with Crippen LogP contribution >= 0.6 is 21.6 Å². The molecule has 2 saturated heterocycles. The lowest BCUT2D eigenvalue weighted by atomic mass is 9.96. The van der Waals surface area contributed by atoms with Crippen molar-refractivity contribution in [2.75, 3.05) is 25.4 Å². The molecular formula is C44H68N12O12S2. The predicted molar refractivity (Wildman–Crippen MR) is 259 cm³/mol. The van der Waals surface area contributed by atoms with Crippen molar-refractivity contribution in [1.82, 2.24) is 42.1 Å². The normalized spacial score (nSPS) is 23.7. The molecule has 3 rings (SSSR count). The summed E-state index contributed by atoms with van der Waals surface area (Å²) in [4.78, 5) is 149. The fourth-order valence-corrected chi connectivity index (χ4v) is 10.2. The number of nitrogens with zero attached hydrogens (tertiary/aromatic N) is 1. The highest BCUT2D eigenvalue weighted by Gasteiger charge is 2.41. The van der Waals surface area contributed by atoms with E-state index in [4.69, 9.17) is 22.9 Å². The van der Waals surface area contributed by atoms with E-state index in [1.807, 2.05) is 0 Å². The number of carbonyl (C=O) groups excluding carboxylic acids is 11. The summed E-state index contributed by atoms with van der Waals surface area (Å²) < 4.78 is -0.905. The third-order valence-corrected chi connectivity index (χ3v) is 14.8. The molecular weight excluding hydrogens is 953 g/mol. The van der Waals surface area contributed by atoms with Crippen molar-refractivity contribution in [2.24, 2.45) is 28.9 Å². The fourth-order valence-electron chi connectivity index (χ4n) is 7.56. The molecule has 0 aromatic heterocycles. The summed E-state index contributed by atoms with van der Waals surface area (Å²) in [5.74, 6) is -9.92. The van der Waals surface area contributed by atoms with Gasteiger partial charge < -0.3 is 70.2 Å². The zero-order valence-corrected chi connectivity index (χ0v) is 41.5. The molecule has 0 aliphatic carbocycles. The van der Waals surface area contributed by atoms with E-state index in [9.17, 15) is 57.8 Å². The Morgan fingerprint density at radius 2 is 1.50 bits per heavy atom. The van der Waals surface area contributed by atoms with Gasteiger partial charge in [0, 0.05) is 36.3 Å². The highest BCUT2D eigenvalue weighted by Crippen LogP contribution is 2.39. The first-order valence-electron chi connectivity index (χ1n) is 23.0. The van der Waals surface area contributed by atoms with Crippen molar-refractivity contribution in [3.63, 3.8) is 0 Å². The molecule has 388 valence electrons. The van der Waals surface area contributed by atoms with Gasteiger partial charge in [-0.2, -0.15) is 0 Å². The van der Waals surface area contributed by atoms with Gasteiger partial charge >= 0.3 is 0 Å². The number of aromatic hydroxyl groups is 1. The van der Waals surface area contributed by atoms with Crippen molar-refractivity contribution in [3.8, 4) is 5.75 Å². The van der Waals surface area contributed by atoms with E-state index < -0.39 is 137 Å². The summed E-state index contributed by atoms with van der Waals surface area (Å²) in [7, 11) is 2.25. The second-order valence-corrected chi connectivity index (χ2v) is 20.9. The van der Waals surface area contributed by atoms with Gasteiger partial charge in [0.25, 0.3) is 0 Å².